The Labute approximate surface area is 110 Å². The highest BCUT2D eigenvalue weighted by atomic mass is 19.3. The van der Waals surface area contributed by atoms with Crippen molar-refractivity contribution in [2.24, 2.45) is 0 Å². The second kappa shape index (κ2) is 5.34. The van der Waals surface area contributed by atoms with E-state index in [1.54, 1.807) is 31.2 Å². The Morgan fingerprint density at radius 2 is 1.74 bits per heavy atom. The van der Waals surface area contributed by atoms with Crippen molar-refractivity contribution in [1.29, 1.82) is 0 Å². The lowest BCUT2D eigenvalue weighted by molar-refractivity contribution is 0.0106. The maximum Gasteiger partial charge on any atom is 0.290 e. The normalized spacial score (nSPS) is 11.4. The van der Waals surface area contributed by atoms with E-state index in [9.17, 15) is 13.2 Å². The Bertz CT molecular complexity index is 532. The van der Waals surface area contributed by atoms with Gasteiger partial charge in [-0.15, -0.1) is 0 Å². The molecule has 4 heteroatoms. The molecule has 0 aliphatic carbocycles. The summed E-state index contributed by atoms with van der Waals surface area (Å²) < 4.78 is 40.9. The first kappa shape index (κ1) is 13.5. The molecule has 0 unspecified atom stereocenters. The van der Waals surface area contributed by atoms with E-state index in [2.05, 4.69) is 5.32 Å². The number of alkyl halides is 2. The molecule has 1 N–H and O–H groups in total. The van der Waals surface area contributed by atoms with E-state index in [4.69, 9.17) is 0 Å². The number of aryl methyl sites for hydroxylation is 1. The number of anilines is 1. The number of nitrogens with one attached hydrogen (secondary N) is 1. The Morgan fingerprint density at radius 1 is 1.05 bits per heavy atom. The van der Waals surface area contributed by atoms with Crippen LogP contribution in [-0.4, -0.2) is 6.54 Å². The number of hydrogen-bond acceptors (Lipinski definition) is 1. The summed E-state index contributed by atoms with van der Waals surface area (Å²) in [7, 11) is 0. The molecule has 0 saturated heterocycles. The van der Waals surface area contributed by atoms with Crippen LogP contribution in [0, 0.1) is 12.7 Å². The first-order valence-corrected chi connectivity index (χ1v) is 5.92. The van der Waals surface area contributed by atoms with Crippen LogP contribution in [-0.2, 0) is 5.92 Å². The topological polar surface area (TPSA) is 12.0 Å². The summed E-state index contributed by atoms with van der Waals surface area (Å²) in [5.74, 6) is -3.44. The zero-order valence-corrected chi connectivity index (χ0v) is 10.5. The Morgan fingerprint density at radius 3 is 2.37 bits per heavy atom. The number of halogens is 3. The predicted octanol–water partition coefficient (Wildman–Crippen LogP) is 4.34. The van der Waals surface area contributed by atoms with Crippen molar-refractivity contribution in [3.05, 3.63) is 65.5 Å². The highest BCUT2D eigenvalue weighted by Gasteiger charge is 2.30. The van der Waals surface area contributed by atoms with Crippen LogP contribution in [0.15, 0.2) is 48.5 Å². The van der Waals surface area contributed by atoms with Gasteiger partial charge >= 0.3 is 0 Å². The first-order valence-electron chi connectivity index (χ1n) is 5.92. The minimum Gasteiger partial charge on any atom is -0.379 e. The van der Waals surface area contributed by atoms with Crippen molar-refractivity contribution >= 4 is 5.69 Å². The van der Waals surface area contributed by atoms with Crippen LogP contribution >= 0.6 is 0 Å². The fourth-order valence-corrected chi connectivity index (χ4v) is 1.84. The maximum atomic E-state index is 13.9. The predicted molar refractivity (Wildman–Crippen MR) is 70.0 cm³/mol. The second-order valence-electron chi connectivity index (χ2n) is 4.44. The molecule has 0 bridgehead atoms. The first-order chi connectivity index (χ1) is 8.97. The van der Waals surface area contributed by atoms with Gasteiger partial charge in [-0.3, -0.25) is 0 Å². The Kier molecular flexibility index (Phi) is 3.79. The summed E-state index contributed by atoms with van der Waals surface area (Å²) in [4.78, 5) is 0. The standard InChI is InChI=1S/C15H14F3N/c1-11-7-13(16)9-14(8-11)19-10-15(17,18)12-5-3-2-4-6-12/h2-9,19H,10H2,1H3. The molecule has 0 spiro atoms. The largest absolute Gasteiger partial charge is 0.379 e. The molecule has 0 fully saturated rings. The van der Waals surface area contributed by atoms with Crippen LogP contribution < -0.4 is 5.32 Å². The molecule has 0 aliphatic rings. The van der Waals surface area contributed by atoms with Crippen LogP contribution in [0.2, 0.25) is 0 Å². The summed E-state index contributed by atoms with van der Waals surface area (Å²) in [6.45, 7) is 1.14. The monoisotopic (exact) mass is 265 g/mol. The third kappa shape index (κ3) is 3.50. The van der Waals surface area contributed by atoms with Crippen molar-refractivity contribution < 1.29 is 13.2 Å². The summed E-state index contributed by atoms with van der Waals surface area (Å²) in [6.07, 6.45) is 0. The third-order valence-electron chi connectivity index (χ3n) is 2.75. The summed E-state index contributed by atoms with van der Waals surface area (Å²) in [6, 6.07) is 11.7. The fraction of sp³-hybridized carbons (Fsp3) is 0.200. The molecule has 0 aliphatic heterocycles. The molecule has 0 saturated carbocycles. The minimum absolute atomic E-state index is 0.0596. The second-order valence-corrected chi connectivity index (χ2v) is 4.44. The van der Waals surface area contributed by atoms with Gasteiger partial charge in [0.05, 0.1) is 6.54 Å². The van der Waals surface area contributed by atoms with Gasteiger partial charge in [-0.05, 0) is 30.7 Å². The van der Waals surface area contributed by atoms with E-state index in [1.165, 1.54) is 24.3 Å². The molecule has 2 aromatic carbocycles. The highest BCUT2D eigenvalue weighted by molar-refractivity contribution is 5.46. The molecule has 0 heterocycles. The Hall–Kier alpha value is -1.97. The molecule has 100 valence electrons. The Balaban J connectivity index is 2.09. The van der Waals surface area contributed by atoms with E-state index in [0.717, 1.165) is 0 Å². The van der Waals surface area contributed by atoms with Crippen molar-refractivity contribution in [1.82, 2.24) is 0 Å². The molecule has 2 aromatic rings. The lowest BCUT2D eigenvalue weighted by Gasteiger charge is -2.18. The van der Waals surface area contributed by atoms with Gasteiger partial charge < -0.3 is 5.32 Å². The van der Waals surface area contributed by atoms with Crippen LogP contribution in [0.1, 0.15) is 11.1 Å². The molecule has 0 aromatic heterocycles. The average molecular weight is 265 g/mol. The highest BCUT2D eigenvalue weighted by Crippen LogP contribution is 2.28. The molecule has 0 amide bonds. The maximum absolute atomic E-state index is 13.9. The number of benzene rings is 2. The number of hydrogen-bond donors (Lipinski definition) is 1. The van der Waals surface area contributed by atoms with Crippen molar-refractivity contribution in [2.45, 2.75) is 12.8 Å². The molecule has 2 rings (SSSR count). The lowest BCUT2D eigenvalue weighted by Crippen LogP contribution is -2.24. The van der Waals surface area contributed by atoms with Crippen LogP contribution in [0.3, 0.4) is 0 Å². The van der Waals surface area contributed by atoms with E-state index < -0.39 is 18.3 Å². The molecular weight excluding hydrogens is 251 g/mol. The SMILES string of the molecule is Cc1cc(F)cc(NCC(F)(F)c2ccccc2)c1. The van der Waals surface area contributed by atoms with E-state index in [1.807, 2.05) is 0 Å². The van der Waals surface area contributed by atoms with Gasteiger partial charge in [0.25, 0.3) is 5.92 Å². The molecule has 0 atom stereocenters. The van der Waals surface area contributed by atoms with Crippen molar-refractivity contribution in [3.63, 3.8) is 0 Å². The fourth-order valence-electron chi connectivity index (χ4n) is 1.84. The number of rotatable bonds is 4. The molecular formula is C15H14F3N. The van der Waals surface area contributed by atoms with Gasteiger partial charge in [-0.2, -0.15) is 8.78 Å². The molecule has 1 nitrogen and oxygen atoms in total. The third-order valence-corrected chi connectivity index (χ3v) is 2.75. The van der Waals surface area contributed by atoms with E-state index in [0.29, 0.717) is 11.3 Å². The quantitative estimate of drug-likeness (QED) is 0.867. The van der Waals surface area contributed by atoms with Gasteiger partial charge in [-0.25, -0.2) is 4.39 Å². The summed E-state index contributed by atoms with van der Waals surface area (Å²) >= 11 is 0. The van der Waals surface area contributed by atoms with E-state index in [-0.39, 0.29) is 5.56 Å². The van der Waals surface area contributed by atoms with Gasteiger partial charge in [-0.1, -0.05) is 30.3 Å². The zero-order valence-electron chi connectivity index (χ0n) is 10.5. The van der Waals surface area contributed by atoms with Gasteiger partial charge in [0.2, 0.25) is 0 Å². The summed E-state index contributed by atoms with van der Waals surface area (Å²) in [5.41, 5.74) is 0.981. The lowest BCUT2D eigenvalue weighted by atomic mass is 10.1. The van der Waals surface area contributed by atoms with Crippen molar-refractivity contribution in [3.8, 4) is 0 Å². The van der Waals surface area contributed by atoms with Gasteiger partial charge in [0, 0.05) is 11.3 Å². The smallest absolute Gasteiger partial charge is 0.290 e. The van der Waals surface area contributed by atoms with Crippen LogP contribution in [0.5, 0.6) is 0 Å². The molecule has 0 radical (unpaired) electrons. The van der Waals surface area contributed by atoms with Gasteiger partial charge in [0.15, 0.2) is 0 Å². The average Bonchev–Trinajstić information content (AvgIpc) is 2.37. The van der Waals surface area contributed by atoms with Crippen LogP contribution in [0.25, 0.3) is 0 Å². The minimum atomic E-state index is -3.00. The van der Waals surface area contributed by atoms with Gasteiger partial charge in [0.1, 0.15) is 5.82 Å². The zero-order chi connectivity index (χ0) is 13.9. The van der Waals surface area contributed by atoms with Crippen molar-refractivity contribution in [2.75, 3.05) is 11.9 Å². The molecule has 19 heavy (non-hydrogen) atoms. The van der Waals surface area contributed by atoms with Crippen LogP contribution in [0.4, 0.5) is 18.9 Å². The summed E-state index contributed by atoms with van der Waals surface area (Å²) in [5, 5.41) is 2.58. The van der Waals surface area contributed by atoms with E-state index >= 15 is 0 Å².